The minimum Gasteiger partial charge on any atom is -0.481 e. The number of amides is 1. The largest absolute Gasteiger partial charge is 0.481 e. The maximum absolute atomic E-state index is 12.5. The smallest absolute Gasteiger partial charge is 0.303 e. The number of hydrogen-bond donors (Lipinski definition) is 3. The van der Waals surface area contributed by atoms with Crippen LogP contribution in [0, 0.1) is 10.1 Å². The van der Waals surface area contributed by atoms with Crippen LogP contribution < -0.4 is 10.2 Å². The number of nitro benzene ring substituents is 1. The Kier molecular flexibility index (Phi) is 12.5. The molecule has 2 aliphatic rings. The number of benzene rings is 3. The number of aliphatic hydroxyl groups is 1. The lowest BCUT2D eigenvalue weighted by molar-refractivity contribution is -0.384. The second-order valence-electron chi connectivity index (χ2n) is 12.4. The van der Waals surface area contributed by atoms with Crippen LogP contribution in [0.3, 0.4) is 0 Å². The van der Waals surface area contributed by atoms with Crippen molar-refractivity contribution in [2.75, 3.05) is 42.9 Å². The highest BCUT2D eigenvalue weighted by Crippen LogP contribution is 2.38. The molecule has 0 radical (unpaired) electrons. The van der Waals surface area contributed by atoms with Gasteiger partial charge in [-0.15, -0.1) is 0 Å². The summed E-state index contributed by atoms with van der Waals surface area (Å²) in [4.78, 5) is 38.4. The van der Waals surface area contributed by atoms with Crippen molar-refractivity contribution in [3.8, 4) is 0 Å². The van der Waals surface area contributed by atoms with Crippen LogP contribution >= 0.6 is 0 Å². The average molecular weight is 661 g/mol. The predicted octanol–water partition coefficient (Wildman–Crippen LogP) is 5.82. The predicted molar refractivity (Wildman–Crippen MR) is 181 cm³/mol. The van der Waals surface area contributed by atoms with E-state index < -0.39 is 12.3 Å². The molecular weight excluding hydrogens is 616 g/mol. The Morgan fingerprint density at radius 1 is 0.833 bits per heavy atom. The van der Waals surface area contributed by atoms with Crippen molar-refractivity contribution in [3.63, 3.8) is 0 Å². The Morgan fingerprint density at radius 2 is 1.48 bits per heavy atom. The van der Waals surface area contributed by atoms with E-state index in [0.29, 0.717) is 31.4 Å². The zero-order valence-electron chi connectivity index (χ0n) is 27.0. The SMILES string of the molecule is O=C(O)CCCCCCC(=O)Nc1ccc([C@@H]2O[C@H](CN3CCN(c4ccc([N+](=O)[O-])cc4)CC3)C[C@H](c3ccc(CO)cc3)O2)cc1. The number of non-ortho nitro benzene ring substituents is 1. The molecule has 0 aliphatic carbocycles. The number of nitrogens with zero attached hydrogens (tertiary/aromatic N) is 3. The minimum atomic E-state index is -0.792. The first-order valence-electron chi connectivity index (χ1n) is 16.6. The Bertz CT molecular complexity index is 1490. The number of carboxylic acids is 1. The molecule has 1 amide bonds. The molecule has 0 saturated carbocycles. The summed E-state index contributed by atoms with van der Waals surface area (Å²) in [6.45, 7) is 3.96. The number of unbranched alkanes of at least 4 members (excludes halogenated alkanes) is 3. The summed E-state index contributed by atoms with van der Waals surface area (Å²) in [7, 11) is 0. The third-order valence-electron chi connectivity index (χ3n) is 8.89. The van der Waals surface area contributed by atoms with Crippen LogP contribution in [0.5, 0.6) is 0 Å². The molecule has 0 aromatic heterocycles. The van der Waals surface area contributed by atoms with Gasteiger partial charge in [-0.1, -0.05) is 49.2 Å². The molecule has 2 heterocycles. The Balaban J connectivity index is 1.18. The number of carbonyl (C=O) groups is 2. The zero-order valence-corrected chi connectivity index (χ0v) is 27.0. The fourth-order valence-electron chi connectivity index (χ4n) is 6.16. The molecule has 2 aliphatic heterocycles. The van der Waals surface area contributed by atoms with E-state index in [0.717, 1.165) is 67.9 Å². The van der Waals surface area contributed by atoms with Gasteiger partial charge in [-0.25, -0.2) is 0 Å². The second kappa shape index (κ2) is 17.2. The molecule has 0 unspecified atom stereocenters. The second-order valence-corrected chi connectivity index (χ2v) is 12.4. The molecule has 3 aromatic rings. The third-order valence-corrected chi connectivity index (χ3v) is 8.89. The number of rotatable bonds is 15. The van der Waals surface area contributed by atoms with E-state index in [1.54, 1.807) is 24.3 Å². The number of piperazine rings is 1. The van der Waals surface area contributed by atoms with Crippen molar-refractivity contribution >= 4 is 28.9 Å². The lowest BCUT2D eigenvalue weighted by atomic mass is 9.99. The molecule has 0 spiro atoms. The van der Waals surface area contributed by atoms with Crippen molar-refractivity contribution in [1.29, 1.82) is 0 Å². The van der Waals surface area contributed by atoms with Gasteiger partial charge in [0.05, 0.1) is 23.7 Å². The zero-order chi connectivity index (χ0) is 33.9. The highest BCUT2D eigenvalue weighted by molar-refractivity contribution is 5.90. The Hall–Kier alpha value is -4.36. The first-order chi connectivity index (χ1) is 23.3. The normalized spacial score (nSPS) is 19.9. The summed E-state index contributed by atoms with van der Waals surface area (Å²) in [6.07, 6.45) is 3.23. The van der Waals surface area contributed by atoms with Gasteiger partial charge < -0.3 is 29.9 Å². The molecule has 5 rings (SSSR count). The molecular formula is C36H44N4O8. The van der Waals surface area contributed by atoms with Crippen molar-refractivity contribution in [2.24, 2.45) is 0 Å². The van der Waals surface area contributed by atoms with E-state index >= 15 is 0 Å². The van der Waals surface area contributed by atoms with Crippen molar-refractivity contribution < 1.29 is 34.2 Å². The van der Waals surface area contributed by atoms with E-state index in [-0.39, 0.29) is 41.8 Å². The summed E-state index contributed by atoms with van der Waals surface area (Å²) in [6, 6.07) is 22.0. The van der Waals surface area contributed by atoms with Crippen LogP contribution in [0.25, 0.3) is 0 Å². The van der Waals surface area contributed by atoms with Crippen LogP contribution in [0.1, 0.15) is 74.0 Å². The molecule has 2 fully saturated rings. The van der Waals surface area contributed by atoms with Crippen LogP contribution in [-0.4, -0.2) is 70.7 Å². The fourth-order valence-corrected chi connectivity index (χ4v) is 6.16. The van der Waals surface area contributed by atoms with Crippen LogP contribution in [0.4, 0.5) is 17.1 Å². The van der Waals surface area contributed by atoms with Gasteiger partial charge in [0.1, 0.15) is 0 Å². The lowest BCUT2D eigenvalue weighted by Crippen LogP contribution is -2.49. The summed E-state index contributed by atoms with van der Waals surface area (Å²) in [5.41, 5.74) is 4.43. The van der Waals surface area contributed by atoms with E-state index in [2.05, 4.69) is 15.1 Å². The van der Waals surface area contributed by atoms with E-state index in [4.69, 9.17) is 14.6 Å². The van der Waals surface area contributed by atoms with Gasteiger partial charge in [0.15, 0.2) is 6.29 Å². The van der Waals surface area contributed by atoms with Crippen LogP contribution in [-0.2, 0) is 25.7 Å². The molecule has 12 heteroatoms. The van der Waals surface area contributed by atoms with Crippen LogP contribution in [0.2, 0.25) is 0 Å². The van der Waals surface area contributed by atoms with E-state index in [1.165, 1.54) is 0 Å². The number of aliphatic carboxylic acids is 1. The lowest BCUT2D eigenvalue weighted by Gasteiger charge is -2.41. The number of ether oxygens (including phenoxy) is 2. The summed E-state index contributed by atoms with van der Waals surface area (Å²) in [5, 5.41) is 32.2. The number of nitrogens with one attached hydrogen (secondary N) is 1. The van der Waals surface area contributed by atoms with Crippen molar-refractivity contribution in [2.45, 2.75) is 70.1 Å². The van der Waals surface area contributed by atoms with Crippen molar-refractivity contribution in [1.82, 2.24) is 4.90 Å². The van der Waals surface area contributed by atoms with Gasteiger partial charge in [0, 0.05) is 81.1 Å². The van der Waals surface area contributed by atoms with Gasteiger partial charge in [0.25, 0.3) is 5.69 Å². The topological polar surface area (TPSA) is 155 Å². The maximum Gasteiger partial charge on any atom is 0.303 e. The Labute approximate surface area is 280 Å². The standard InChI is InChI=1S/C36H44N4O8/c41-25-26-7-9-27(10-8-26)33-23-32(24-38-19-21-39(22-20-38)30-15-17-31(18-16-30)40(45)46)47-36(48-33)28-11-13-29(14-12-28)37-34(42)5-3-1-2-4-6-35(43)44/h7-18,32-33,36,41H,1-6,19-25H2,(H,37,42)(H,43,44)/t32-,33+,36+/m0/s1. The number of nitro groups is 1. The highest BCUT2D eigenvalue weighted by atomic mass is 16.7. The highest BCUT2D eigenvalue weighted by Gasteiger charge is 2.34. The van der Waals surface area contributed by atoms with Gasteiger partial charge in [0.2, 0.25) is 5.91 Å². The van der Waals surface area contributed by atoms with Gasteiger partial charge in [-0.05, 0) is 48.2 Å². The van der Waals surface area contributed by atoms with Gasteiger partial charge >= 0.3 is 5.97 Å². The van der Waals surface area contributed by atoms with Crippen LogP contribution in [0.15, 0.2) is 72.8 Å². The quantitative estimate of drug-likeness (QED) is 0.103. The summed E-state index contributed by atoms with van der Waals surface area (Å²) in [5.74, 6) is -0.869. The third kappa shape index (κ3) is 10.1. The molecule has 12 nitrogen and oxygen atoms in total. The number of hydrogen-bond acceptors (Lipinski definition) is 9. The number of carbonyl (C=O) groups excluding carboxylic acids is 1. The molecule has 256 valence electrons. The maximum atomic E-state index is 12.5. The first kappa shape index (κ1) is 35.0. The molecule has 2 saturated heterocycles. The summed E-state index contributed by atoms with van der Waals surface area (Å²) < 4.78 is 13.0. The number of anilines is 2. The van der Waals surface area contributed by atoms with Gasteiger partial charge in [-0.2, -0.15) is 0 Å². The van der Waals surface area contributed by atoms with E-state index in [9.17, 15) is 24.8 Å². The molecule has 0 bridgehead atoms. The minimum absolute atomic E-state index is 0.0261. The molecule has 48 heavy (non-hydrogen) atoms. The van der Waals surface area contributed by atoms with Crippen molar-refractivity contribution in [3.05, 3.63) is 99.6 Å². The Morgan fingerprint density at radius 3 is 2.10 bits per heavy atom. The number of aliphatic hydroxyl groups excluding tert-OH is 1. The van der Waals surface area contributed by atoms with Gasteiger partial charge in [-0.3, -0.25) is 24.6 Å². The van der Waals surface area contributed by atoms with E-state index in [1.807, 2.05) is 48.5 Å². The molecule has 3 atom stereocenters. The number of carboxylic acid groups (broad SMARTS) is 1. The fraction of sp³-hybridized carbons (Fsp3) is 0.444. The molecule has 3 N–H and O–H groups in total. The average Bonchev–Trinajstić information content (AvgIpc) is 3.10. The monoisotopic (exact) mass is 660 g/mol. The first-order valence-corrected chi connectivity index (χ1v) is 16.6. The molecule has 3 aromatic carbocycles. The summed E-state index contributed by atoms with van der Waals surface area (Å²) >= 11 is 0.